The molecule has 1 atom stereocenters. The number of nitrogens with zero attached hydrogens (tertiary/aromatic N) is 1. The summed E-state index contributed by atoms with van der Waals surface area (Å²) in [6.45, 7) is 2.24. The maximum atomic E-state index is 13.8. The first kappa shape index (κ1) is 19.1. The lowest BCUT2D eigenvalue weighted by atomic mass is 9.98. The number of hydrogen-bond acceptors (Lipinski definition) is 4. The van der Waals surface area contributed by atoms with Gasteiger partial charge in [-0.05, 0) is 48.4 Å². The van der Waals surface area contributed by atoms with E-state index >= 15 is 0 Å². The Morgan fingerprint density at radius 1 is 1.00 bits per heavy atom. The SMILES string of the molecule is Cc1ccc(CN2C(=O)c3oc4ccc(F)cc4c(=O)c3[C@H]2c2ccc(O)cc2)cc1. The average molecular weight is 415 g/mol. The lowest BCUT2D eigenvalue weighted by molar-refractivity contribution is 0.0714. The summed E-state index contributed by atoms with van der Waals surface area (Å²) in [7, 11) is 0. The summed E-state index contributed by atoms with van der Waals surface area (Å²) in [5, 5.41) is 9.79. The van der Waals surface area contributed by atoms with Gasteiger partial charge in [-0.15, -0.1) is 0 Å². The fourth-order valence-electron chi connectivity index (χ4n) is 4.05. The van der Waals surface area contributed by atoms with Crippen LogP contribution < -0.4 is 5.43 Å². The number of carbonyl (C=O) groups excluding carboxylic acids is 1. The van der Waals surface area contributed by atoms with E-state index < -0.39 is 23.2 Å². The van der Waals surface area contributed by atoms with Crippen molar-refractivity contribution < 1.29 is 18.7 Å². The fourth-order valence-corrected chi connectivity index (χ4v) is 4.05. The third-order valence-electron chi connectivity index (χ3n) is 5.61. The first-order chi connectivity index (χ1) is 14.9. The summed E-state index contributed by atoms with van der Waals surface area (Å²) in [6.07, 6.45) is 0. The fraction of sp³-hybridized carbons (Fsp3) is 0.120. The first-order valence-electron chi connectivity index (χ1n) is 9.84. The van der Waals surface area contributed by atoms with Gasteiger partial charge in [-0.3, -0.25) is 9.59 Å². The molecule has 0 bridgehead atoms. The Balaban J connectivity index is 1.72. The van der Waals surface area contributed by atoms with Gasteiger partial charge in [-0.2, -0.15) is 0 Å². The summed E-state index contributed by atoms with van der Waals surface area (Å²) in [5.41, 5.74) is 2.56. The van der Waals surface area contributed by atoms with Crippen LogP contribution in [-0.4, -0.2) is 15.9 Å². The zero-order chi connectivity index (χ0) is 21.7. The molecule has 1 amide bonds. The van der Waals surface area contributed by atoms with Gasteiger partial charge in [0.1, 0.15) is 17.1 Å². The molecular weight excluding hydrogens is 397 g/mol. The second kappa shape index (κ2) is 7.09. The molecule has 4 aromatic rings. The predicted octanol–water partition coefficient (Wildman–Crippen LogP) is 4.69. The van der Waals surface area contributed by atoms with Crippen LogP contribution in [0.1, 0.15) is 38.9 Å². The lowest BCUT2D eigenvalue weighted by Crippen LogP contribution is -2.29. The molecule has 0 aliphatic carbocycles. The predicted molar refractivity (Wildman–Crippen MR) is 113 cm³/mol. The van der Waals surface area contributed by atoms with E-state index in [1.54, 1.807) is 17.0 Å². The minimum absolute atomic E-state index is 0.0331. The minimum Gasteiger partial charge on any atom is -0.508 e. The van der Waals surface area contributed by atoms with E-state index in [1.165, 1.54) is 24.3 Å². The summed E-state index contributed by atoms with van der Waals surface area (Å²) in [5.74, 6) is -0.918. The largest absolute Gasteiger partial charge is 0.508 e. The maximum Gasteiger partial charge on any atom is 0.291 e. The number of aromatic hydroxyl groups is 1. The van der Waals surface area contributed by atoms with Gasteiger partial charge in [0, 0.05) is 6.54 Å². The summed E-state index contributed by atoms with van der Waals surface area (Å²) < 4.78 is 19.6. The van der Waals surface area contributed by atoms with Crippen molar-refractivity contribution in [2.45, 2.75) is 19.5 Å². The van der Waals surface area contributed by atoms with Gasteiger partial charge in [0.05, 0.1) is 17.0 Å². The Morgan fingerprint density at radius 3 is 2.42 bits per heavy atom. The molecule has 0 unspecified atom stereocenters. The van der Waals surface area contributed by atoms with Gasteiger partial charge >= 0.3 is 0 Å². The number of amides is 1. The van der Waals surface area contributed by atoms with Crippen LogP contribution in [0.3, 0.4) is 0 Å². The van der Waals surface area contributed by atoms with Crippen LogP contribution in [0.25, 0.3) is 11.0 Å². The summed E-state index contributed by atoms with van der Waals surface area (Å²) in [4.78, 5) is 28.3. The van der Waals surface area contributed by atoms with Gasteiger partial charge in [-0.25, -0.2) is 4.39 Å². The molecule has 0 saturated carbocycles. The van der Waals surface area contributed by atoms with Crippen LogP contribution in [-0.2, 0) is 6.54 Å². The van der Waals surface area contributed by atoms with Crippen LogP contribution in [0.5, 0.6) is 5.75 Å². The van der Waals surface area contributed by atoms with E-state index in [0.717, 1.165) is 17.2 Å². The third-order valence-corrected chi connectivity index (χ3v) is 5.61. The van der Waals surface area contributed by atoms with Crippen molar-refractivity contribution in [1.82, 2.24) is 4.90 Å². The Labute approximate surface area is 177 Å². The normalized spacial score (nSPS) is 15.5. The molecule has 0 spiro atoms. The van der Waals surface area contributed by atoms with Crippen molar-refractivity contribution in [3.05, 3.63) is 111 Å². The van der Waals surface area contributed by atoms with Crippen LogP contribution in [0.15, 0.2) is 75.9 Å². The van der Waals surface area contributed by atoms with Crippen LogP contribution in [0.2, 0.25) is 0 Å². The summed E-state index contributed by atoms with van der Waals surface area (Å²) in [6, 6.07) is 17.1. The number of carbonyl (C=O) groups is 1. The topological polar surface area (TPSA) is 70.8 Å². The molecule has 6 heteroatoms. The number of hydrogen-bond donors (Lipinski definition) is 1. The van der Waals surface area contributed by atoms with Gasteiger partial charge in [0.2, 0.25) is 5.76 Å². The second-order valence-corrected chi connectivity index (χ2v) is 7.73. The highest BCUT2D eigenvalue weighted by Gasteiger charge is 2.42. The first-order valence-corrected chi connectivity index (χ1v) is 9.84. The third kappa shape index (κ3) is 3.17. The molecule has 1 N–H and O–H groups in total. The molecule has 5 nitrogen and oxygen atoms in total. The minimum atomic E-state index is -0.715. The zero-order valence-electron chi connectivity index (χ0n) is 16.6. The molecule has 1 aromatic heterocycles. The molecule has 1 aliphatic heterocycles. The van der Waals surface area contributed by atoms with Crippen molar-refractivity contribution in [3.63, 3.8) is 0 Å². The molecule has 31 heavy (non-hydrogen) atoms. The molecule has 5 rings (SSSR count). The maximum absolute atomic E-state index is 13.8. The van der Waals surface area contributed by atoms with E-state index in [1.807, 2.05) is 31.2 Å². The van der Waals surface area contributed by atoms with Crippen molar-refractivity contribution in [2.75, 3.05) is 0 Å². The molecule has 154 valence electrons. The van der Waals surface area contributed by atoms with Gasteiger partial charge in [-0.1, -0.05) is 42.0 Å². The average Bonchev–Trinajstić information content (AvgIpc) is 3.03. The molecule has 0 fully saturated rings. The van der Waals surface area contributed by atoms with Gasteiger partial charge < -0.3 is 14.4 Å². The number of rotatable bonds is 3. The molecule has 0 radical (unpaired) electrons. The van der Waals surface area contributed by atoms with Crippen LogP contribution in [0.4, 0.5) is 4.39 Å². The van der Waals surface area contributed by atoms with Crippen molar-refractivity contribution in [1.29, 1.82) is 0 Å². The van der Waals surface area contributed by atoms with E-state index in [4.69, 9.17) is 4.42 Å². The van der Waals surface area contributed by atoms with Gasteiger partial charge in [0.25, 0.3) is 5.91 Å². The number of halogens is 1. The molecule has 1 aliphatic rings. The molecule has 3 aromatic carbocycles. The van der Waals surface area contributed by atoms with Crippen molar-refractivity contribution >= 4 is 16.9 Å². The monoisotopic (exact) mass is 415 g/mol. The Bertz CT molecular complexity index is 1370. The highest BCUT2D eigenvalue weighted by molar-refractivity contribution is 5.99. The number of phenols is 1. The number of phenolic OH excluding ortho intramolecular Hbond substituents is 1. The Hall–Kier alpha value is -3.93. The van der Waals surface area contributed by atoms with E-state index in [0.29, 0.717) is 5.56 Å². The van der Waals surface area contributed by atoms with E-state index in [9.17, 15) is 19.1 Å². The Kier molecular flexibility index (Phi) is 4.36. The molecule has 0 saturated heterocycles. The number of aryl methyl sites for hydroxylation is 1. The van der Waals surface area contributed by atoms with Crippen LogP contribution >= 0.6 is 0 Å². The van der Waals surface area contributed by atoms with Gasteiger partial charge in [0.15, 0.2) is 5.43 Å². The smallest absolute Gasteiger partial charge is 0.291 e. The van der Waals surface area contributed by atoms with E-state index in [2.05, 4.69) is 0 Å². The zero-order valence-corrected chi connectivity index (χ0v) is 16.6. The highest BCUT2D eigenvalue weighted by Crippen LogP contribution is 2.39. The number of fused-ring (bicyclic) bond motifs is 2. The highest BCUT2D eigenvalue weighted by atomic mass is 19.1. The Morgan fingerprint density at radius 2 is 1.71 bits per heavy atom. The van der Waals surface area contributed by atoms with Crippen molar-refractivity contribution in [2.24, 2.45) is 0 Å². The standard InChI is InChI=1S/C25H18FNO4/c1-14-2-4-15(5-3-14)13-27-22(16-6-9-18(28)10-7-16)21-23(29)19-12-17(26)8-11-20(19)31-24(21)25(27)30/h2-12,22,28H,13H2,1H3/t22-/m1/s1. The van der Waals surface area contributed by atoms with E-state index in [-0.39, 0.29) is 34.6 Å². The molecular formula is C25H18FNO4. The second-order valence-electron chi connectivity index (χ2n) is 7.73. The van der Waals surface area contributed by atoms with Crippen molar-refractivity contribution in [3.8, 4) is 5.75 Å². The van der Waals surface area contributed by atoms with Crippen LogP contribution in [0, 0.1) is 12.7 Å². The summed E-state index contributed by atoms with van der Waals surface area (Å²) >= 11 is 0. The quantitative estimate of drug-likeness (QED) is 0.527. The molecule has 2 heterocycles. The lowest BCUT2D eigenvalue weighted by Gasteiger charge is -2.25. The number of benzene rings is 3.